The molecule has 4 aromatic rings. The third-order valence-electron chi connectivity index (χ3n) is 2.78. The van der Waals surface area contributed by atoms with Crippen LogP contribution in [0.2, 0.25) is 0 Å². The van der Waals surface area contributed by atoms with Crippen LogP contribution in [0.3, 0.4) is 0 Å². The van der Waals surface area contributed by atoms with E-state index in [1.54, 1.807) is 45.2 Å². The molecule has 0 bridgehead atoms. The maximum atomic E-state index is 13.1. The highest BCUT2D eigenvalue weighted by atomic mass is 127. The van der Waals surface area contributed by atoms with Crippen LogP contribution in [0.4, 0.5) is 17.6 Å². The fraction of sp³-hybridized carbons (Fsp3) is 0. The number of hydrogen-bond acceptors (Lipinski definition) is 6. The molecule has 0 saturated heterocycles. The Kier molecular flexibility index (Phi) is 4.84. The molecular weight excluding hydrogens is 562 g/mol. The van der Waals surface area contributed by atoms with Crippen LogP contribution in [0.1, 0.15) is 0 Å². The van der Waals surface area contributed by atoms with Crippen molar-refractivity contribution in [3.05, 3.63) is 42.5 Å². The highest BCUT2D eigenvalue weighted by Crippen LogP contribution is 2.28. The van der Waals surface area contributed by atoms with E-state index in [9.17, 15) is 17.6 Å². The van der Waals surface area contributed by atoms with E-state index in [1.807, 2.05) is 0 Å². The lowest BCUT2D eigenvalue weighted by molar-refractivity contribution is 0.315. The molecule has 2 aromatic carbocycles. The zero-order chi connectivity index (χ0) is 17.4. The molecule has 0 amide bonds. The van der Waals surface area contributed by atoms with Gasteiger partial charge in [-0.05, 0) is 65.8 Å². The molecule has 0 aliphatic carbocycles. The van der Waals surface area contributed by atoms with Gasteiger partial charge in [0.1, 0.15) is 11.0 Å². The highest BCUT2D eigenvalue weighted by Gasteiger charge is 2.20. The summed E-state index contributed by atoms with van der Waals surface area (Å²) in [5.41, 5.74) is 0.931. The third kappa shape index (κ3) is 3.03. The third-order valence-corrected chi connectivity index (χ3v) is 4.75. The number of benzene rings is 2. The minimum atomic E-state index is -0.951. The molecule has 24 heavy (non-hydrogen) atoms. The Morgan fingerprint density at radius 3 is 1.46 bits per heavy atom. The summed E-state index contributed by atoms with van der Waals surface area (Å²) in [6, 6.07) is 1.86. The number of fused-ring (bicyclic) bond motifs is 2. The molecule has 0 saturated carbocycles. The van der Waals surface area contributed by atoms with Crippen LogP contribution >= 0.6 is 45.2 Å². The first kappa shape index (κ1) is 17.2. The van der Waals surface area contributed by atoms with Crippen LogP contribution in [-0.2, 0) is 0 Å². The summed E-state index contributed by atoms with van der Waals surface area (Å²) in [4.78, 5) is 0. The van der Waals surface area contributed by atoms with Crippen LogP contribution in [0, 0.1) is 30.4 Å². The predicted octanol–water partition coefficient (Wildman–Crippen LogP) is 4.21. The van der Waals surface area contributed by atoms with E-state index < -0.39 is 23.3 Å². The maximum Gasteiger partial charge on any atom is 0.175 e. The number of rotatable bonds is 0. The predicted molar refractivity (Wildman–Crippen MR) is 88.9 cm³/mol. The number of aromatic nitrogens is 4. The summed E-state index contributed by atoms with van der Waals surface area (Å²) in [6.45, 7) is 0. The molecule has 6 nitrogen and oxygen atoms in total. The second-order valence-electron chi connectivity index (χ2n) is 4.24. The van der Waals surface area contributed by atoms with Gasteiger partial charge < -0.3 is 0 Å². The molecule has 0 N–H and O–H groups in total. The van der Waals surface area contributed by atoms with Crippen molar-refractivity contribution in [1.29, 1.82) is 0 Å². The van der Waals surface area contributed by atoms with E-state index in [-0.39, 0.29) is 29.2 Å². The molecule has 2 aromatic heterocycles. The molecule has 0 aliphatic heterocycles. The second kappa shape index (κ2) is 6.73. The van der Waals surface area contributed by atoms with Crippen molar-refractivity contribution in [2.75, 3.05) is 0 Å². The molecule has 0 radical (unpaired) electrons. The fourth-order valence-corrected chi connectivity index (χ4v) is 2.84. The quantitative estimate of drug-likeness (QED) is 0.138. The number of hydrogen-bond donors (Lipinski definition) is 0. The van der Waals surface area contributed by atoms with Crippen LogP contribution in [-0.4, -0.2) is 20.6 Å². The van der Waals surface area contributed by atoms with Gasteiger partial charge in [-0.15, -0.1) is 0 Å². The highest BCUT2D eigenvalue weighted by molar-refractivity contribution is 14.1. The first-order chi connectivity index (χ1) is 11.4. The molecule has 0 fully saturated rings. The summed E-state index contributed by atoms with van der Waals surface area (Å²) in [5, 5.41) is 13.6. The average molecular weight is 564 g/mol. The molecule has 0 spiro atoms. The molecular formula is C12H2F4I2N4O2. The molecule has 12 heteroatoms. The van der Waals surface area contributed by atoms with Crippen LogP contribution in [0.5, 0.6) is 0 Å². The van der Waals surface area contributed by atoms with Gasteiger partial charge in [-0.25, -0.2) is 26.8 Å². The summed E-state index contributed by atoms with van der Waals surface area (Å²) in [7, 11) is 0. The van der Waals surface area contributed by atoms with Gasteiger partial charge in [-0.2, -0.15) is 0 Å². The van der Waals surface area contributed by atoms with Gasteiger partial charge >= 0.3 is 0 Å². The zero-order valence-corrected chi connectivity index (χ0v) is 15.3. The Hall–Kier alpha value is -1.58. The Balaban J connectivity index is 0.000000143. The van der Waals surface area contributed by atoms with Crippen molar-refractivity contribution in [1.82, 2.24) is 20.6 Å². The molecule has 2 heterocycles. The van der Waals surface area contributed by atoms with Gasteiger partial charge in [0, 0.05) is 12.1 Å². The Morgan fingerprint density at radius 1 is 0.667 bits per heavy atom. The van der Waals surface area contributed by atoms with Crippen molar-refractivity contribution >= 4 is 67.2 Å². The Morgan fingerprint density at radius 2 is 1.04 bits per heavy atom. The molecule has 0 aliphatic rings. The van der Waals surface area contributed by atoms with Crippen molar-refractivity contribution in [3.8, 4) is 0 Å². The van der Waals surface area contributed by atoms with Crippen molar-refractivity contribution in [2.45, 2.75) is 0 Å². The van der Waals surface area contributed by atoms with Gasteiger partial charge in [0.25, 0.3) is 0 Å². The SMILES string of the molecule is Fc1c(F)c(I)c2nonc2c1I.Fc1cc2nonc2cc1F. The monoisotopic (exact) mass is 564 g/mol. The summed E-state index contributed by atoms with van der Waals surface area (Å²) in [6.07, 6.45) is 0. The Bertz CT molecular complexity index is 975. The van der Waals surface area contributed by atoms with E-state index in [1.165, 1.54) is 0 Å². The first-order valence-corrected chi connectivity index (χ1v) is 8.07. The van der Waals surface area contributed by atoms with Gasteiger partial charge in [0.05, 0.1) is 7.14 Å². The fourth-order valence-electron chi connectivity index (χ4n) is 1.66. The topological polar surface area (TPSA) is 77.8 Å². The molecule has 4 rings (SSSR count). The normalized spacial score (nSPS) is 10.9. The van der Waals surface area contributed by atoms with Gasteiger partial charge in [0.15, 0.2) is 34.3 Å². The van der Waals surface area contributed by atoms with E-state index in [0.717, 1.165) is 12.1 Å². The lowest BCUT2D eigenvalue weighted by Gasteiger charge is -1.98. The molecule has 124 valence electrons. The minimum absolute atomic E-state index is 0.0896. The van der Waals surface area contributed by atoms with Crippen molar-refractivity contribution in [3.63, 3.8) is 0 Å². The summed E-state index contributed by atoms with van der Waals surface area (Å²) >= 11 is 3.32. The first-order valence-electron chi connectivity index (χ1n) is 5.91. The lowest BCUT2D eigenvalue weighted by atomic mass is 10.3. The van der Waals surface area contributed by atoms with E-state index in [4.69, 9.17) is 0 Å². The van der Waals surface area contributed by atoms with Gasteiger partial charge in [0.2, 0.25) is 0 Å². The standard InChI is InChI=1S/C6F2I2N2O.C6H2F2N2O/c7-1-2(8)4(10)6-5(3(1)9)11-13-12-6;7-3-1-5-6(2-4(3)8)10-11-9-5/h;1-2H. The zero-order valence-electron chi connectivity index (χ0n) is 11.0. The maximum absolute atomic E-state index is 13.1. The number of halogens is 6. The van der Waals surface area contributed by atoms with Crippen molar-refractivity contribution in [2.24, 2.45) is 0 Å². The van der Waals surface area contributed by atoms with Gasteiger partial charge in [-0.3, -0.25) is 0 Å². The minimum Gasteiger partial charge on any atom is -0.243 e. The van der Waals surface area contributed by atoms with Crippen LogP contribution < -0.4 is 0 Å². The largest absolute Gasteiger partial charge is 0.243 e. The van der Waals surface area contributed by atoms with Crippen LogP contribution in [0.15, 0.2) is 21.4 Å². The van der Waals surface area contributed by atoms with Gasteiger partial charge in [-0.1, -0.05) is 0 Å². The summed E-state index contributed by atoms with van der Waals surface area (Å²) in [5.74, 6) is -3.72. The number of nitrogens with zero attached hydrogens (tertiary/aromatic N) is 4. The van der Waals surface area contributed by atoms with Crippen LogP contribution in [0.25, 0.3) is 22.1 Å². The van der Waals surface area contributed by atoms with Crippen molar-refractivity contribution < 1.29 is 26.8 Å². The molecule has 0 atom stereocenters. The molecule has 0 unspecified atom stereocenters. The Labute approximate surface area is 156 Å². The van der Waals surface area contributed by atoms with E-state index in [0.29, 0.717) is 0 Å². The average Bonchev–Trinajstić information content (AvgIpc) is 3.21. The lowest BCUT2D eigenvalue weighted by Crippen LogP contribution is -1.95. The second-order valence-corrected chi connectivity index (χ2v) is 6.39. The van der Waals surface area contributed by atoms with E-state index >= 15 is 0 Å². The van der Waals surface area contributed by atoms with E-state index in [2.05, 4.69) is 29.9 Å². The summed E-state index contributed by atoms with van der Waals surface area (Å²) < 4.78 is 59.9. The smallest absolute Gasteiger partial charge is 0.175 e.